The second-order valence-corrected chi connectivity index (χ2v) is 6.02. The summed E-state index contributed by atoms with van der Waals surface area (Å²) in [5.41, 5.74) is 0.634. The molecule has 3 unspecified atom stereocenters. The molecule has 0 spiro atoms. The molecular weight excluding hydrogens is 327 g/mol. The Labute approximate surface area is 145 Å². The van der Waals surface area contributed by atoms with Crippen molar-refractivity contribution in [3.05, 3.63) is 47.8 Å². The lowest BCUT2D eigenvalue weighted by molar-refractivity contribution is -0.142. The molecule has 0 aliphatic carbocycles. The highest BCUT2D eigenvalue weighted by atomic mass is 19.1. The second kappa shape index (κ2) is 7.92. The fraction of sp³-hybridized carbons (Fsp3) is 0.389. The first-order chi connectivity index (χ1) is 11.8. The Bertz CT molecular complexity index is 687. The van der Waals surface area contributed by atoms with Gasteiger partial charge < -0.3 is 15.3 Å². The van der Waals surface area contributed by atoms with Crippen LogP contribution in [0.5, 0.6) is 0 Å². The Hall–Kier alpha value is -2.70. The molecule has 2 amide bonds. The molecule has 1 aliphatic rings. The van der Waals surface area contributed by atoms with E-state index in [4.69, 9.17) is 0 Å². The van der Waals surface area contributed by atoms with Gasteiger partial charge in [-0.1, -0.05) is 24.3 Å². The predicted octanol–water partition coefficient (Wildman–Crippen LogP) is 1.88. The van der Waals surface area contributed by atoms with E-state index in [2.05, 4.69) is 5.32 Å². The molecule has 1 aromatic rings. The van der Waals surface area contributed by atoms with Crippen molar-refractivity contribution in [2.24, 2.45) is 5.92 Å². The molecule has 134 valence electrons. The summed E-state index contributed by atoms with van der Waals surface area (Å²) in [5, 5.41) is 11.7. The average molecular weight is 348 g/mol. The van der Waals surface area contributed by atoms with Crippen LogP contribution < -0.4 is 5.32 Å². The van der Waals surface area contributed by atoms with Crippen molar-refractivity contribution in [3.63, 3.8) is 0 Å². The number of hydrogen-bond donors (Lipinski definition) is 2. The molecule has 0 radical (unpaired) electrons. The lowest BCUT2D eigenvalue weighted by Gasteiger charge is -2.25. The van der Waals surface area contributed by atoms with Crippen LogP contribution in [-0.4, -0.2) is 40.9 Å². The molecule has 1 fully saturated rings. The van der Waals surface area contributed by atoms with Crippen LogP contribution in [0.2, 0.25) is 0 Å². The predicted molar refractivity (Wildman–Crippen MR) is 89.0 cm³/mol. The minimum atomic E-state index is -1.14. The van der Waals surface area contributed by atoms with Gasteiger partial charge in [0.2, 0.25) is 11.8 Å². The van der Waals surface area contributed by atoms with Gasteiger partial charge in [-0.05, 0) is 31.0 Å². The number of rotatable bonds is 6. The van der Waals surface area contributed by atoms with Crippen LogP contribution in [-0.2, 0) is 14.4 Å². The number of benzene rings is 1. The van der Waals surface area contributed by atoms with Crippen molar-refractivity contribution in [2.75, 3.05) is 7.05 Å². The first kappa shape index (κ1) is 18.6. The quantitative estimate of drug-likeness (QED) is 0.769. The van der Waals surface area contributed by atoms with Crippen molar-refractivity contribution in [1.82, 2.24) is 10.2 Å². The smallest absolute Gasteiger partial charge is 0.326 e. The topological polar surface area (TPSA) is 86.7 Å². The molecule has 1 aliphatic heterocycles. The molecule has 0 saturated carbocycles. The van der Waals surface area contributed by atoms with E-state index in [0.717, 1.165) is 0 Å². The van der Waals surface area contributed by atoms with Crippen molar-refractivity contribution in [1.29, 1.82) is 0 Å². The number of carboxylic acids is 1. The Balaban J connectivity index is 2.22. The fourth-order valence-electron chi connectivity index (χ4n) is 2.99. The van der Waals surface area contributed by atoms with Crippen LogP contribution in [0.4, 0.5) is 4.39 Å². The van der Waals surface area contributed by atoms with E-state index in [-0.39, 0.29) is 18.7 Å². The van der Waals surface area contributed by atoms with Gasteiger partial charge in [-0.25, -0.2) is 9.18 Å². The molecule has 6 nitrogen and oxygen atoms in total. The zero-order valence-corrected chi connectivity index (χ0v) is 14.1. The summed E-state index contributed by atoms with van der Waals surface area (Å²) in [7, 11) is 1.58. The van der Waals surface area contributed by atoms with Gasteiger partial charge in [0, 0.05) is 13.5 Å². The zero-order valence-electron chi connectivity index (χ0n) is 14.1. The Morgan fingerprint density at radius 1 is 1.40 bits per heavy atom. The van der Waals surface area contributed by atoms with Gasteiger partial charge in [-0.3, -0.25) is 9.59 Å². The minimum absolute atomic E-state index is 0.0136. The summed E-state index contributed by atoms with van der Waals surface area (Å²) in [6.07, 6.45) is 3.51. The van der Waals surface area contributed by atoms with Crippen LogP contribution in [0, 0.1) is 11.7 Å². The van der Waals surface area contributed by atoms with Crippen molar-refractivity contribution in [3.8, 4) is 0 Å². The van der Waals surface area contributed by atoms with Crippen LogP contribution in [0.1, 0.15) is 31.4 Å². The second-order valence-electron chi connectivity index (χ2n) is 6.02. The van der Waals surface area contributed by atoms with E-state index in [9.17, 15) is 23.9 Å². The summed E-state index contributed by atoms with van der Waals surface area (Å²) in [6.45, 7) is 1.76. The summed E-state index contributed by atoms with van der Waals surface area (Å²) < 4.78 is 13.2. The molecule has 2 N–H and O–H groups in total. The molecule has 1 saturated heterocycles. The number of allylic oxidation sites excluding steroid dienone is 1. The zero-order chi connectivity index (χ0) is 18.6. The highest BCUT2D eigenvalue weighted by molar-refractivity contribution is 5.92. The standard InChI is InChI=1S/C18H21FN2O4/c1-3-4-5-14(18(24)25)20-17(23)13-10-15(22)21(2)16(13)11-6-8-12(19)9-7-11/h3-4,6-9,13-14,16H,5,10H2,1-2H3,(H,20,23)(H,24,25)/b4-3+. The Kier molecular flexibility index (Phi) is 5.90. The number of nitrogens with zero attached hydrogens (tertiary/aromatic N) is 1. The third-order valence-electron chi connectivity index (χ3n) is 4.36. The Morgan fingerprint density at radius 2 is 2.04 bits per heavy atom. The molecule has 3 atom stereocenters. The van der Waals surface area contributed by atoms with Gasteiger partial charge in [0.15, 0.2) is 0 Å². The number of halogens is 1. The van der Waals surface area contributed by atoms with Crippen LogP contribution in [0.25, 0.3) is 0 Å². The van der Waals surface area contributed by atoms with Gasteiger partial charge in [0.1, 0.15) is 11.9 Å². The Morgan fingerprint density at radius 3 is 2.60 bits per heavy atom. The first-order valence-electron chi connectivity index (χ1n) is 8.00. The molecule has 1 aromatic carbocycles. The van der Waals surface area contributed by atoms with E-state index >= 15 is 0 Å². The highest BCUT2D eigenvalue weighted by Crippen LogP contribution is 2.37. The normalized spacial score (nSPS) is 21.6. The number of hydrogen-bond acceptors (Lipinski definition) is 3. The third-order valence-corrected chi connectivity index (χ3v) is 4.36. The van der Waals surface area contributed by atoms with Crippen molar-refractivity contribution in [2.45, 2.75) is 31.8 Å². The van der Waals surface area contributed by atoms with Crippen LogP contribution in [0.3, 0.4) is 0 Å². The van der Waals surface area contributed by atoms with Crippen molar-refractivity contribution >= 4 is 17.8 Å². The number of aliphatic carboxylic acids is 1. The first-order valence-corrected chi connectivity index (χ1v) is 8.00. The molecule has 1 heterocycles. The number of carbonyl (C=O) groups is 3. The number of carboxylic acid groups (broad SMARTS) is 1. The summed E-state index contributed by atoms with van der Waals surface area (Å²) in [6, 6.07) is 4.00. The number of amides is 2. The average Bonchev–Trinajstić information content (AvgIpc) is 2.87. The van der Waals surface area contributed by atoms with Gasteiger partial charge >= 0.3 is 5.97 Å². The highest BCUT2D eigenvalue weighted by Gasteiger charge is 2.43. The maximum atomic E-state index is 13.2. The number of nitrogens with one attached hydrogen (secondary N) is 1. The van der Waals surface area contributed by atoms with Gasteiger partial charge in [-0.15, -0.1) is 0 Å². The monoisotopic (exact) mass is 348 g/mol. The van der Waals surface area contributed by atoms with E-state index in [1.807, 2.05) is 0 Å². The molecule has 7 heteroatoms. The number of carbonyl (C=O) groups excluding carboxylic acids is 2. The van der Waals surface area contributed by atoms with E-state index in [1.165, 1.54) is 29.2 Å². The van der Waals surface area contributed by atoms with Crippen LogP contribution in [0.15, 0.2) is 36.4 Å². The largest absolute Gasteiger partial charge is 0.480 e. The molecule has 25 heavy (non-hydrogen) atoms. The summed E-state index contributed by atoms with van der Waals surface area (Å²) in [4.78, 5) is 37.4. The molecule has 0 aromatic heterocycles. The lowest BCUT2D eigenvalue weighted by Crippen LogP contribution is -2.44. The van der Waals surface area contributed by atoms with E-state index in [0.29, 0.717) is 5.56 Å². The molecular formula is C18H21FN2O4. The molecule has 2 rings (SSSR count). The maximum Gasteiger partial charge on any atom is 0.326 e. The lowest BCUT2D eigenvalue weighted by atomic mass is 9.92. The van der Waals surface area contributed by atoms with Gasteiger partial charge in [-0.2, -0.15) is 0 Å². The van der Waals surface area contributed by atoms with Gasteiger partial charge in [0.05, 0.1) is 12.0 Å². The van der Waals surface area contributed by atoms with E-state index in [1.54, 1.807) is 26.1 Å². The number of likely N-dealkylation sites (tertiary alicyclic amines) is 1. The van der Waals surface area contributed by atoms with E-state index < -0.39 is 35.7 Å². The summed E-state index contributed by atoms with van der Waals surface area (Å²) in [5.74, 6) is -2.98. The van der Waals surface area contributed by atoms with Crippen LogP contribution >= 0.6 is 0 Å². The van der Waals surface area contributed by atoms with Crippen molar-refractivity contribution < 1.29 is 23.9 Å². The SMILES string of the molecule is C/C=C/CC(NC(=O)C1CC(=O)N(C)C1c1ccc(F)cc1)C(=O)O. The minimum Gasteiger partial charge on any atom is -0.480 e. The maximum absolute atomic E-state index is 13.2. The van der Waals surface area contributed by atoms with Gasteiger partial charge in [0.25, 0.3) is 0 Å². The summed E-state index contributed by atoms with van der Waals surface area (Å²) >= 11 is 0. The fourth-order valence-corrected chi connectivity index (χ4v) is 2.99. The third kappa shape index (κ3) is 4.23. The molecule has 0 bridgehead atoms.